The predicted octanol–water partition coefficient (Wildman–Crippen LogP) is 13.0. The number of aliphatic hydroxyl groups excluding tert-OH is 2. The number of halogens is 2. The van der Waals surface area contributed by atoms with Crippen LogP contribution in [0.15, 0.2) is 24.3 Å². The highest BCUT2D eigenvalue weighted by atomic mass is 127. The number of allylic oxidation sites excluding steroid dienone is 4. The zero-order valence-electron chi connectivity index (χ0n) is 38.4. The Balaban J connectivity index is -0.0000151. The van der Waals surface area contributed by atoms with Gasteiger partial charge in [0.05, 0.1) is 19.4 Å². The van der Waals surface area contributed by atoms with Crippen molar-refractivity contribution in [3.8, 4) is 0 Å². The summed E-state index contributed by atoms with van der Waals surface area (Å²) in [5.74, 6) is -0.639. The lowest BCUT2D eigenvalue weighted by Gasteiger charge is -2.48. The van der Waals surface area contributed by atoms with E-state index in [9.17, 15) is 19.8 Å². The number of rotatable bonds is 40. The van der Waals surface area contributed by atoms with Crippen LogP contribution in [0.5, 0.6) is 0 Å². The largest absolute Gasteiger partial charge is 0.455 e. The molecule has 0 aromatic heterocycles. The molecule has 0 aliphatic carbocycles. The van der Waals surface area contributed by atoms with Gasteiger partial charge in [-0.1, -0.05) is 162 Å². The van der Waals surface area contributed by atoms with E-state index in [2.05, 4.69) is 48.8 Å². The second-order valence-corrected chi connectivity index (χ2v) is 17.2. The Bertz CT molecular complexity index is 968. The van der Waals surface area contributed by atoms with Crippen LogP contribution in [0.4, 0.5) is 0 Å². The summed E-state index contributed by atoms with van der Waals surface area (Å²) >= 11 is 0. The minimum atomic E-state index is -1.19. The summed E-state index contributed by atoms with van der Waals surface area (Å²) in [5.41, 5.74) is -1.79. The number of aliphatic hydroxyl groups is 2. The van der Waals surface area contributed by atoms with Crippen LogP contribution in [-0.4, -0.2) is 66.3 Å². The Kier molecular flexibility index (Phi) is 46.4. The summed E-state index contributed by atoms with van der Waals surface area (Å²) < 4.78 is 12.6. The minimum absolute atomic E-state index is 0. The molecule has 0 aliphatic heterocycles. The third-order valence-corrected chi connectivity index (χ3v) is 11.2. The van der Waals surface area contributed by atoms with Gasteiger partial charge in [0.25, 0.3) is 0 Å². The van der Waals surface area contributed by atoms with Gasteiger partial charge < -0.3 is 19.7 Å². The molecule has 0 rings (SSSR count). The second-order valence-electron chi connectivity index (χ2n) is 17.2. The topological polar surface area (TPSA) is 117 Å². The lowest BCUT2D eigenvalue weighted by molar-refractivity contribution is -0.209. The fraction of sp³-hybridized carbons (Fsp3) is 0.875. The van der Waals surface area contributed by atoms with E-state index < -0.39 is 23.3 Å². The highest BCUT2D eigenvalue weighted by Gasteiger charge is 2.53. The van der Waals surface area contributed by atoms with Gasteiger partial charge in [-0.25, -0.2) is 0 Å². The Hall–Kier alpha value is -0.280. The zero-order chi connectivity index (χ0) is 41.6. The summed E-state index contributed by atoms with van der Waals surface area (Å²) in [7, 11) is 0. The van der Waals surface area contributed by atoms with Crippen molar-refractivity contribution in [1.29, 1.82) is 0 Å². The SMILES string of the molecule is CCCCCCCC/C=C\CCCCCCCC(=O)OC(C(NCCO)NCCO)C(C)(OC(=O)CCCCCCC/C=C\CCCCCCCC)C(C)(C)C.I.I. The molecule has 0 saturated carbocycles. The van der Waals surface area contributed by atoms with E-state index in [0.717, 1.165) is 64.2 Å². The normalized spacial score (nSPS) is 13.4. The maximum Gasteiger partial charge on any atom is 0.306 e. The van der Waals surface area contributed by atoms with E-state index >= 15 is 0 Å². The standard InChI is InChI=1S/C48H92N2O6.2HI/c1-7-9-11-13-15-17-19-21-23-25-27-29-31-33-35-37-43(53)55-45(46(49-39-41-51)50-40-42-52)48(6,47(3,4)5)56-44(54)38-36-34-32-30-28-26-24-22-20-18-16-14-12-10-8-2;;/h21-24,45-46,49-52H,7-20,25-42H2,1-6H3;2*1H/b23-21-,24-22-;;. The van der Waals surface area contributed by atoms with Crippen LogP contribution in [-0.2, 0) is 19.1 Å². The van der Waals surface area contributed by atoms with Gasteiger partial charge in [0.1, 0.15) is 0 Å². The molecule has 346 valence electrons. The molecule has 4 N–H and O–H groups in total. The van der Waals surface area contributed by atoms with E-state index in [4.69, 9.17) is 9.47 Å². The van der Waals surface area contributed by atoms with Crippen LogP contribution in [0.1, 0.15) is 221 Å². The molecule has 0 aromatic carbocycles. The fourth-order valence-corrected chi connectivity index (χ4v) is 7.03. The van der Waals surface area contributed by atoms with Crippen LogP contribution in [0.25, 0.3) is 0 Å². The molecule has 0 bridgehead atoms. The maximum atomic E-state index is 13.4. The van der Waals surface area contributed by atoms with Gasteiger partial charge >= 0.3 is 11.9 Å². The Labute approximate surface area is 392 Å². The molecular formula is C48H94I2N2O6. The lowest BCUT2D eigenvalue weighted by atomic mass is 9.72. The van der Waals surface area contributed by atoms with E-state index in [1.807, 2.05) is 27.7 Å². The monoisotopic (exact) mass is 1050 g/mol. The first-order chi connectivity index (χ1) is 27.1. The summed E-state index contributed by atoms with van der Waals surface area (Å²) in [6.07, 6.45) is 39.3. The molecule has 0 spiro atoms. The van der Waals surface area contributed by atoms with Crippen LogP contribution in [0, 0.1) is 5.41 Å². The molecule has 0 amide bonds. The minimum Gasteiger partial charge on any atom is -0.455 e. The summed E-state index contributed by atoms with van der Waals surface area (Å²) in [5, 5.41) is 25.7. The van der Waals surface area contributed by atoms with Gasteiger partial charge in [0.15, 0.2) is 11.7 Å². The number of nitrogens with one attached hydrogen (secondary N) is 2. The molecule has 58 heavy (non-hydrogen) atoms. The first-order valence-corrected chi connectivity index (χ1v) is 23.5. The highest BCUT2D eigenvalue weighted by molar-refractivity contribution is 14.0. The highest BCUT2D eigenvalue weighted by Crippen LogP contribution is 2.40. The molecule has 8 nitrogen and oxygen atoms in total. The Morgan fingerprint density at radius 3 is 1.19 bits per heavy atom. The molecule has 2 atom stereocenters. The molecule has 0 aliphatic rings. The maximum absolute atomic E-state index is 13.4. The van der Waals surface area contributed by atoms with Crippen molar-refractivity contribution in [2.24, 2.45) is 5.41 Å². The summed E-state index contributed by atoms with van der Waals surface area (Å²) in [6, 6.07) is 0. The molecule has 10 heteroatoms. The van der Waals surface area contributed by atoms with Crippen molar-refractivity contribution in [3.63, 3.8) is 0 Å². The van der Waals surface area contributed by atoms with Crippen LogP contribution in [0.2, 0.25) is 0 Å². The van der Waals surface area contributed by atoms with Gasteiger partial charge in [0.2, 0.25) is 0 Å². The number of carbonyl (C=O) groups excluding carboxylic acids is 2. The predicted molar refractivity (Wildman–Crippen MR) is 268 cm³/mol. The number of unbranched alkanes of at least 4 members (excludes halogenated alkanes) is 22. The quantitative estimate of drug-likeness (QED) is 0.0158. The number of esters is 2. The average Bonchev–Trinajstić information content (AvgIpc) is 3.16. The van der Waals surface area contributed by atoms with Gasteiger partial charge in [-0.3, -0.25) is 20.2 Å². The average molecular weight is 1050 g/mol. The van der Waals surface area contributed by atoms with Crippen LogP contribution in [0.3, 0.4) is 0 Å². The van der Waals surface area contributed by atoms with Gasteiger partial charge in [-0.2, -0.15) is 0 Å². The van der Waals surface area contributed by atoms with Gasteiger partial charge in [0, 0.05) is 31.3 Å². The second kappa shape index (κ2) is 43.4. The van der Waals surface area contributed by atoms with Crippen LogP contribution < -0.4 is 10.6 Å². The molecule has 0 saturated heterocycles. The van der Waals surface area contributed by atoms with E-state index in [-0.39, 0.29) is 92.6 Å². The van der Waals surface area contributed by atoms with Crippen molar-refractivity contribution < 1.29 is 29.3 Å². The molecule has 0 heterocycles. The Morgan fingerprint density at radius 2 is 0.845 bits per heavy atom. The smallest absolute Gasteiger partial charge is 0.306 e. The third kappa shape index (κ3) is 34.3. The van der Waals surface area contributed by atoms with E-state index in [0.29, 0.717) is 6.42 Å². The van der Waals surface area contributed by atoms with Gasteiger partial charge in [-0.05, 0) is 71.1 Å². The number of hydrogen-bond donors (Lipinski definition) is 4. The van der Waals surface area contributed by atoms with E-state index in [1.54, 1.807) is 0 Å². The molecule has 0 aromatic rings. The number of carbonyl (C=O) groups is 2. The first-order valence-electron chi connectivity index (χ1n) is 23.5. The van der Waals surface area contributed by atoms with Crippen molar-refractivity contribution in [1.82, 2.24) is 10.6 Å². The summed E-state index contributed by atoms with van der Waals surface area (Å²) in [6.45, 7) is 12.6. The van der Waals surface area contributed by atoms with Crippen LogP contribution >= 0.6 is 48.0 Å². The zero-order valence-corrected chi connectivity index (χ0v) is 43.1. The Morgan fingerprint density at radius 1 is 0.517 bits per heavy atom. The summed E-state index contributed by atoms with van der Waals surface area (Å²) in [4.78, 5) is 26.8. The van der Waals surface area contributed by atoms with Crippen molar-refractivity contribution in [3.05, 3.63) is 24.3 Å². The number of hydrogen-bond acceptors (Lipinski definition) is 8. The lowest BCUT2D eigenvalue weighted by Crippen LogP contribution is -2.66. The third-order valence-electron chi connectivity index (χ3n) is 11.2. The molecular weight excluding hydrogens is 954 g/mol. The molecule has 0 fully saturated rings. The first kappa shape index (κ1) is 62.0. The molecule has 2 unspecified atom stereocenters. The van der Waals surface area contributed by atoms with Gasteiger partial charge in [-0.15, -0.1) is 48.0 Å². The van der Waals surface area contributed by atoms with Crippen molar-refractivity contribution in [2.75, 3.05) is 26.3 Å². The van der Waals surface area contributed by atoms with E-state index in [1.165, 1.54) is 103 Å². The van der Waals surface area contributed by atoms with Crippen molar-refractivity contribution >= 4 is 59.9 Å². The fourth-order valence-electron chi connectivity index (χ4n) is 7.03. The number of ether oxygens (including phenoxy) is 2. The molecule has 0 radical (unpaired) electrons. The van der Waals surface area contributed by atoms with Crippen molar-refractivity contribution in [2.45, 2.75) is 239 Å².